The van der Waals surface area contributed by atoms with E-state index in [1.807, 2.05) is 6.92 Å². The average Bonchev–Trinajstić information content (AvgIpc) is 2.98. The smallest absolute Gasteiger partial charge is 0.233 e. The normalized spacial score (nSPS) is 33.9. The Hall–Kier alpha value is -1.08. The SMILES string of the molecule is C=CCNc1nnc(S[C@@H](C)C(=O)NC23CC4CC(CC(C4)C2)C3)s1. The Bertz CT molecular complexity index is 624. The second-order valence-electron chi connectivity index (χ2n) is 7.99. The van der Waals surface area contributed by atoms with E-state index in [-0.39, 0.29) is 16.7 Å². The highest BCUT2D eigenvalue weighted by molar-refractivity contribution is 8.02. The molecule has 0 aliphatic heterocycles. The third-order valence-electron chi connectivity index (χ3n) is 5.88. The van der Waals surface area contributed by atoms with Gasteiger partial charge in [0.1, 0.15) is 0 Å². The third-order valence-corrected chi connectivity index (χ3v) is 7.94. The van der Waals surface area contributed by atoms with Crippen molar-refractivity contribution in [3.63, 3.8) is 0 Å². The Morgan fingerprint density at radius 2 is 1.96 bits per heavy atom. The Labute approximate surface area is 157 Å². The van der Waals surface area contributed by atoms with Gasteiger partial charge in [-0.2, -0.15) is 0 Å². The van der Waals surface area contributed by atoms with E-state index in [0.29, 0.717) is 6.54 Å². The number of carbonyl (C=O) groups excluding carboxylic acids is 1. The number of thioether (sulfide) groups is 1. The molecule has 5 rings (SSSR count). The van der Waals surface area contributed by atoms with Crippen LogP contribution < -0.4 is 10.6 Å². The lowest BCUT2D eigenvalue weighted by atomic mass is 9.53. The Morgan fingerprint density at radius 1 is 1.32 bits per heavy atom. The van der Waals surface area contributed by atoms with Crippen LogP contribution in [0.15, 0.2) is 17.0 Å². The standard InChI is InChI=1S/C18H26N4OS2/c1-3-4-19-16-21-22-17(25-16)24-11(2)15(23)20-18-8-12-5-13(9-18)7-14(6-12)10-18/h3,11-14H,1,4-10H2,2H3,(H,19,21)(H,20,23)/t11-,12?,13?,14?,18?/m0/s1. The fraction of sp³-hybridized carbons (Fsp3) is 0.722. The minimum atomic E-state index is -0.145. The zero-order valence-electron chi connectivity index (χ0n) is 14.7. The van der Waals surface area contributed by atoms with E-state index in [9.17, 15) is 4.79 Å². The molecule has 4 fully saturated rings. The Kier molecular flexibility index (Phi) is 4.79. The van der Waals surface area contributed by atoms with E-state index >= 15 is 0 Å². The monoisotopic (exact) mass is 378 g/mol. The van der Waals surface area contributed by atoms with Gasteiger partial charge in [0.25, 0.3) is 0 Å². The molecule has 4 bridgehead atoms. The van der Waals surface area contributed by atoms with Gasteiger partial charge >= 0.3 is 0 Å². The summed E-state index contributed by atoms with van der Waals surface area (Å²) >= 11 is 2.99. The molecule has 0 saturated heterocycles. The Morgan fingerprint density at radius 3 is 2.56 bits per heavy atom. The van der Waals surface area contributed by atoms with Crippen LogP contribution in [0.1, 0.15) is 45.4 Å². The summed E-state index contributed by atoms with van der Waals surface area (Å²) < 4.78 is 0.833. The van der Waals surface area contributed by atoms with Crippen LogP contribution in [-0.4, -0.2) is 33.4 Å². The summed E-state index contributed by atoms with van der Waals surface area (Å²) in [4.78, 5) is 12.8. The highest BCUT2D eigenvalue weighted by atomic mass is 32.2. The van der Waals surface area contributed by atoms with Crippen LogP contribution in [-0.2, 0) is 4.79 Å². The summed E-state index contributed by atoms with van der Waals surface area (Å²) in [7, 11) is 0. The van der Waals surface area contributed by atoms with E-state index in [1.54, 1.807) is 6.08 Å². The van der Waals surface area contributed by atoms with E-state index in [0.717, 1.165) is 27.2 Å². The molecule has 25 heavy (non-hydrogen) atoms. The minimum absolute atomic E-state index is 0.0818. The lowest BCUT2D eigenvalue weighted by Gasteiger charge is -2.57. The topological polar surface area (TPSA) is 66.9 Å². The number of aromatic nitrogens is 2. The maximum absolute atomic E-state index is 12.8. The molecule has 2 N–H and O–H groups in total. The fourth-order valence-electron chi connectivity index (χ4n) is 5.32. The van der Waals surface area contributed by atoms with E-state index in [4.69, 9.17) is 0 Å². The predicted octanol–water partition coefficient (Wildman–Crippen LogP) is 3.70. The summed E-state index contributed by atoms with van der Waals surface area (Å²) in [5.74, 6) is 2.69. The van der Waals surface area contributed by atoms with Crippen LogP contribution in [0.25, 0.3) is 0 Å². The number of hydrogen-bond acceptors (Lipinski definition) is 6. The van der Waals surface area contributed by atoms with Crippen LogP contribution in [0, 0.1) is 17.8 Å². The zero-order valence-corrected chi connectivity index (χ0v) is 16.3. The highest BCUT2D eigenvalue weighted by Crippen LogP contribution is 2.55. The van der Waals surface area contributed by atoms with Gasteiger partial charge in [0.2, 0.25) is 11.0 Å². The van der Waals surface area contributed by atoms with Gasteiger partial charge in [-0.1, -0.05) is 29.2 Å². The van der Waals surface area contributed by atoms with Gasteiger partial charge in [-0.25, -0.2) is 0 Å². The molecule has 1 heterocycles. The minimum Gasteiger partial charge on any atom is -0.357 e. The third kappa shape index (κ3) is 3.72. The second-order valence-corrected chi connectivity index (χ2v) is 10.6. The fourth-order valence-corrected chi connectivity index (χ4v) is 7.22. The summed E-state index contributed by atoms with van der Waals surface area (Å²) in [6.07, 6.45) is 9.54. The van der Waals surface area contributed by atoms with Crippen LogP contribution >= 0.6 is 23.1 Å². The second kappa shape index (κ2) is 6.91. The number of nitrogens with one attached hydrogen (secondary N) is 2. The van der Waals surface area contributed by atoms with Gasteiger partial charge in [0.15, 0.2) is 4.34 Å². The van der Waals surface area contributed by atoms with Crippen molar-refractivity contribution in [1.82, 2.24) is 15.5 Å². The van der Waals surface area contributed by atoms with Gasteiger partial charge in [-0.05, 0) is 63.2 Å². The molecule has 1 amide bonds. The first-order valence-corrected chi connectivity index (χ1v) is 10.9. The van der Waals surface area contributed by atoms with Crippen molar-refractivity contribution in [3.8, 4) is 0 Å². The molecule has 1 aromatic heterocycles. The molecule has 7 heteroatoms. The molecule has 0 unspecified atom stereocenters. The zero-order chi connectivity index (χ0) is 17.4. The number of nitrogens with zero attached hydrogens (tertiary/aromatic N) is 2. The van der Waals surface area contributed by atoms with Crippen LogP contribution in [0.4, 0.5) is 5.13 Å². The predicted molar refractivity (Wildman–Crippen MR) is 103 cm³/mol. The molecular weight excluding hydrogens is 352 g/mol. The lowest BCUT2D eigenvalue weighted by molar-refractivity contribution is -0.126. The summed E-state index contributed by atoms with van der Waals surface area (Å²) in [6.45, 7) is 6.32. The van der Waals surface area contributed by atoms with Crippen molar-refractivity contribution in [2.45, 2.75) is 60.6 Å². The molecule has 5 nitrogen and oxygen atoms in total. The van der Waals surface area contributed by atoms with Gasteiger partial charge < -0.3 is 10.6 Å². The van der Waals surface area contributed by atoms with E-state index in [1.165, 1.54) is 61.6 Å². The number of rotatable bonds is 7. The number of hydrogen-bond donors (Lipinski definition) is 2. The van der Waals surface area contributed by atoms with Crippen LogP contribution in [0.2, 0.25) is 0 Å². The molecule has 0 radical (unpaired) electrons. The molecule has 4 saturated carbocycles. The van der Waals surface area contributed by atoms with Crippen LogP contribution in [0.5, 0.6) is 0 Å². The van der Waals surface area contributed by atoms with Crippen molar-refractivity contribution in [3.05, 3.63) is 12.7 Å². The number of amides is 1. The first-order chi connectivity index (χ1) is 12.0. The molecule has 1 aromatic rings. The van der Waals surface area contributed by atoms with Crippen molar-refractivity contribution in [2.24, 2.45) is 17.8 Å². The molecule has 136 valence electrons. The Balaban J connectivity index is 1.35. The molecule has 0 aromatic carbocycles. The van der Waals surface area contributed by atoms with Gasteiger partial charge in [-0.15, -0.1) is 16.8 Å². The maximum atomic E-state index is 12.8. The van der Waals surface area contributed by atoms with Gasteiger partial charge in [0, 0.05) is 12.1 Å². The highest BCUT2D eigenvalue weighted by Gasteiger charge is 2.51. The molecule has 1 atom stereocenters. The van der Waals surface area contributed by atoms with E-state index in [2.05, 4.69) is 27.4 Å². The molecule has 4 aliphatic carbocycles. The summed E-state index contributed by atoms with van der Waals surface area (Å²) in [6, 6.07) is 0. The largest absolute Gasteiger partial charge is 0.357 e. The quantitative estimate of drug-likeness (QED) is 0.559. The molecular formula is C18H26N4OS2. The number of anilines is 1. The van der Waals surface area contributed by atoms with Crippen LogP contribution in [0.3, 0.4) is 0 Å². The van der Waals surface area contributed by atoms with Crippen molar-refractivity contribution >= 4 is 34.1 Å². The summed E-state index contributed by atoms with van der Waals surface area (Å²) in [5, 5.41) is 15.5. The first-order valence-electron chi connectivity index (χ1n) is 9.22. The van der Waals surface area contributed by atoms with Crippen molar-refractivity contribution < 1.29 is 4.79 Å². The first kappa shape index (κ1) is 17.3. The van der Waals surface area contributed by atoms with Gasteiger partial charge in [0.05, 0.1) is 5.25 Å². The number of carbonyl (C=O) groups is 1. The maximum Gasteiger partial charge on any atom is 0.233 e. The van der Waals surface area contributed by atoms with Crippen molar-refractivity contribution in [2.75, 3.05) is 11.9 Å². The molecule has 0 spiro atoms. The van der Waals surface area contributed by atoms with Gasteiger partial charge in [-0.3, -0.25) is 4.79 Å². The van der Waals surface area contributed by atoms with E-state index < -0.39 is 0 Å². The molecule has 4 aliphatic rings. The average molecular weight is 379 g/mol. The van der Waals surface area contributed by atoms with Crippen molar-refractivity contribution in [1.29, 1.82) is 0 Å². The summed E-state index contributed by atoms with van der Waals surface area (Å²) in [5.41, 5.74) is 0.0818. The lowest BCUT2D eigenvalue weighted by Crippen LogP contribution is -2.60.